The van der Waals surface area contributed by atoms with E-state index in [0.717, 1.165) is 22.7 Å². The molecule has 2 aromatic rings. The highest BCUT2D eigenvalue weighted by atomic mass is 32.2. The van der Waals surface area contributed by atoms with Crippen molar-refractivity contribution in [3.8, 4) is 6.07 Å². The number of aryl methyl sites for hydroxylation is 2. The van der Waals surface area contributed by atoms with Crippen LogP contribution in [0.1, 0.15) is 39.1 Å². The predicted molar refractivity (Wildman–Crippen MR) is 94.6 cm³/mol. The molecule has 2 aromatic heterocycles. The molecule has 0 atom stereocenters. The lowest BCUT2D eigenvalue weighted by Gasteiger charge is -2.04. The van der Waals surface area contributed by atoms with Crippen LogP contribution in [0.2, 0.25) is 0 Å². The molecule has 2 heterocycles. The molecule has 8 heteroatoms. The van der Waals surface area contributed by atoms with E-state index < -0.39 is 0 Å². The van der Waals surface area contributed by atoms with E-state index in [4.69, 9.17) is 0 Å². The molecule has 0 aliphatic carbocycles. The first-order chi connectivity index (χ1) is 11.3. The van der Waals surface area contributed by atoms with Crippen molar-refractivity contribution in [2.75, 3.05) is 11.1 Å². The van der Waals surface area contributed by atoms with E-state index in [0.29, 0.717) is 26.2 Å². The Balaban J connectivity index is 2.09. The largest absolute Gasteiger partial charge is 0.316 e. The zero-order valence-corrected chi connectivity index (χ0v) is 15.4. The van der Waals surface area contributed by atoms with Gasteiger partial charge in [-0.3, -0.25) is 9.59 Å². The number of hydrogen-bond acceptors (Lipinski definition) is 7. The highest BCUT2D eigenvalue weighted by Gasteiger charge is 2.19. The summed E-state index contributed by atoms with van der Waals surface area (Å²) in [6.07, 6.45) is 0. The summed E-state index contributed by atoms with van der Waals surface area (Å²) in [5, 5.41) is 12.9. The zero-order valence-electron chi connectivity index (χ0n) is 13.8. The maximum absolute atomic E-state index is 12.1. The van der Waals surface area contributed by atoms with Crippen LogP contribution in [0.3, 0.4) is 0 Å². The van der Waals surface area contributed by atoms with Gasteiger partial charge < -0.3 is 5.32 Å². The van der Waals surface area contributed by atoms with Crippen molar-refractivity contribution in [2.45, 2.75) is 32.9 Å². The lowest BCUT2D eigenvalue weighted by molar-refractivity contribution is -0.113. The number of Topliss-reactive ketones (excluding diaryl/α,β-unsaturated/α-hetero) is 1. The SMILES string of the molecule is CC(=O)c1sc(NC(=O)CSc2nc(C)cc(C)n2)c(C#N)c1C. The predicted octanol–water partition coefficient (Wildman–Crippen LogP) is 3.27. The molecular weight excluding hydrogens is 344 g/mol. The fourth-order valence-electron chi connectivity index (χ4n) is 2.12. The number of hydrogen-bond donors (Lipinski definition) is 1. The molecule has 6 nitrogen and oxygen atoms in total. The monoisotopic (exact) mass is 360 g/mol. The minimum absolute atomic E-state index is 0.118. The van der Waals surface area contributed by atoms with Gasteiger partial charge in [0.05, 0.1) is 16.2 Å². The number of ketones is 1. The molecule has 124 valence electrons. The average molecular weight is 360 g/mol. The molecule has 0 bridgehead atoms. The van der Waals surface area contributed by atoms with Crippen LogP contribution in [0.4, 0.5) is 5.00 Å². The van der Waals surface area contributed by atoms with Crippen LogP contribution in [0.25, 0.3) is 0 Å². The second kappa shape index (κ2) is 7.55. The molecule has 0 saturated heterocycles. The molecule has 0 fully saturated rings. The fourth-order valence-corrected chi connectivity index (χ4v) is 3.94. The summed E-state index contributed by atoms with van der Waals surface area (Å²) in [5.74, 6) is -0.261. The summed E-state index contributed by atoms with van der Waals surface area (Å²) in [4.78, 5) is 32.7. The summed E-state index contributed by atoms with van der Waals surface area (Å²) in [6.45, 7) is 6.89. The van der Waals surface area contributed by atoms with Crippen LogP contribution >= 0.6 is 23.1 Å². The Morgan fingerprint density at radius 2 is 1.92 bits per heavy atom. The van der Waals surface area contributed by atoms with Crippen molar-refractivity contribution in [3.63, 3.8) is 0 Å². The number of anilines is 1. The third kappa shape index (κ3) is 4.19. The van der Waals surface area contributed by atoms with Gasteiger partial charge in [-0.2, -0.15) is 5.26 Å². The van der Waals surface area contributed by atoms with Crippen LogP contribution in [0, 0.1) is 32.1 Å². The van der Waals surface area contributed by atoms with Gasteiger partial charge in [0.1, 0.15) is 11.1 Å². The average Bonchev–Trinajstić information content (AvgIpc) is 2.80. The van der Waals surface area contributed by atoms with E-state index in [1.54, 1.807) is 6.92 Å². The summed E-state index contributed by atoms with van der Waals surface area (Å²) in [6, 6.07) is 3.91. The third-order valence-corrected chi connectivity index (χ3v) is 5.28. The van der Waals surface area contributed by atoms with Crippen molar-refractivity contribution in [1.29, 1.82) is 5.26 Å². The van der Waals surface area contributed by atoms with E-state index >= 15 is 0 Å². The summed E-state index contributed by atoms with van der Waals surface area (Å²) in [7, 11) is 0. The Morgan fingerprint density at radius 3 is 2.46 bits per heavy atom. The van der Waals surface area contributed by atoms with Crippen molar-refractivity contribution in [3.05, 3.63) is 33.5 Å². The van der Waals surface area contributed by atoms with Crippen molar-refractivity contribution >= 4 is 39.8 Å². The highest BCUT2D eigenvalue weighted by Crippen LogP contribution is 2.32. The topological polar surface area (TPSA) is 95.7 Å². The molecule has 0 saturated carbocycles. The zero-order chi connectivity index (χ0) is 17.9. The van der Waals surface area contributed by atoms with E-state index in [1.807, 2.05) is 26.0 Å². The minimum atomic E-state index is -0.268. The Bertz CT molecular complexity index is 832. The second-order valence-corrected chi connectivity index (χ2v) is 7.16. The molecule has 0 aromatic carbocycles. The Morgan fingerprint density at radius 1 is 1.29 bits per heavy atom. The lowest BCUT2D eigenvalue weighted by atomic mass is 10.1. The summed E-state index contributed by atoms with van der Waals surface area (Å²) in [5.41, 5.74) is 2.64. The Labute approximate surface area is 148 Å². The van der Waals surface area contributed by atoms with Crippen LogP contribution in [0.15, 0.2) is 11.2 Å². The number of aromatic nitrogens is 2. The van der Waals surface area contributed by atoms with Gasteiger partial charge in [0.15, 0.2) is 10.9 Å². The fraction of sp³-hybridized carbons (Fsp3) is 0.312. The van der Waals surface area contributed by atoms with Crippen LogP contribution in [-0.4, -0.2) is 27.4 Å². The Kier molecular flexibility index (Phi) is 5.70. The van der Waals surface area contributed by atoms with Crippen molar-refractivity contribution in [1.82, 2.24) is 9.97 Å². The van der Waals surface area contributed by atoms with E-state index in [9.17, 15) is 14.9 Å². The third-order valence-electron chi connectivity index (χ3n) is 3.13. The van der Waals surface area contributed by atoms with Gasteiger partial charge in [-0.05, 0) is 39.3 Å². The standard InChI is InChI=1S/C16H16N4O2S2/c1-8-5-9(2)19-16(18-8)23-7-13(22)20-15-12(6-17)10(3)14(24-15)11(4)21/h5H,7H2,1-4H3,(H,20,22). The maximum Gasteiger partial charge on any atom is 0.235 e. The molecule has 0 radical (unpaired) electrons. The molecular formula is C16H16N4O2S2. The number of thiophene rings is 1. The van der Waals surface area contributed by atoms with Gasteiger partial charge in [0.25, 0.3) is 0 Å². The smallest absolute Gasteiger partial charge is 0.235 e. The lowest BCUT2D eigenvalue weighted by Crippen LogP contribution is -2.14. The number of amides is 1. The number of nitrogens with one attached hydrogen (secondary N) is 1. The summed E-state index contributed by atoms with van der Waals surface area (Å²) >= 11 is 2.36. The van der Waals surface area contributed by atoms with Gasteiger partial charge in [0, 0.05) is 11.4 Å². The number of carbonyl (C=O) groups is 2. The number of nitrogens with zero attached hydrogens (tertiary/aromatic N) is 3. The van der Waals surface area contributed by atoms with E-state index in [-0.39, 0.29) is 17.4 Å². The second-order valence-electron chi connectivity index (χ2n) is 5.20. The van der Waals surface area contributed by atoms with E-state index in [1.165, 1.54) is 18.7 Å². The van der Waals surface area contributed by atoms with Gasteiger partial charge >= 0.3 is 0 Å². The van der Waals surface area contributed by atoms with Crippen molar-refractivity contribution < 1.29 is 9.59 Å². The molecule has 1 N–H and O–H groups in total. The molecule has 24 heavy (non-hydrogen) atoms. The normalized spacial score (nSPS) is 10.3. The number of thioether (sulfide) groups is 1. The Hall–Kier alpha value is -2.24. The van der Waals surface area contributed by atoms with Gasteiger partial charge in [-0.25, -0.2) is 9.97 Å². The van der Waals surface area contributed by atoms with Crippen LogP contribution < -0.4 is 5.32 Å². The quantitative estimate of drug-likeness (QED) is 0.499. The molecule has 0 spiro atoms. The van der Waals surface area contributed by atoms with Gasteiger partial charge in [-0.15, -0.1) is 11.3 Å². The minimum Gasteiger partial charge on any atom is -0.316 e. The molecule has 0 unspecified atom stereocenters. The molecule has 0 aliphatic rings. The molecule has 1 amide bonds. The number of rotatable bonds is 5. The first-order valence-electron chi connectivity index (χ1n) is 7.11. The summed E-state index contributed by atoms with van der Waals surface area (Å²) < 4.78 is 0. The maximum atomic E-state index is 12.1. The van der Waals surface area contributed by atoms with Gasteiger partial charge in [-0.1, -0.05) is 11.8 Å². The first-order valence-corrected chi connectivity index (χ1v) is 8.91. The highest BCUT2D eigenvalue weighted by molar-refractivity contribution is 7.99. The van der Waals surface area contributed by atoms with E-state index in [2.05, 4.69) is 15.3 Å². The molecule has 2 rings (SSSR count). The first kappa shape index (κ1) is 18.1. The van der Waals surface area contributed by atoms with Crippen LogP contribution in [0.5, 0.6) is 0 Å². The van der Waals surface area contributed by atoms with Crippen molar-refractivity contribution in [2.24, 2.45) is 0 Å². The van der Waals surface area contributed by atoms with Gasteiger partial charge in [0.2, 0.25) is 5.91 Å². The number of carbonyl (C=O) groups excluding carboxylic acids is 2. The number of nitriles is 1. The van der Waals surface area contributed by atoms with Crippen LogP contribution in [-0.2, 0) is 4.79 Å². The molecule has 0 aliphatic heterocycles.